The van der Waals surface area contributed by atoms with E-state index >= 15 is 0 Å². The summed E-state index contributed by atoms with van der Waals surface area (Å²) in [6, 6.07) is 17.9. The van der Waals surface area contributed by atoms with E-state index in [2.05, 4.69) is 4.98 Å². The third-order valence-corrected chi connectivity index (χ3v) is 5.08. The Morgan fingerprint density at radius 3 is 2.29 bits per heavy atom. The van der Waals surface area contributed by atoms with Crippen LogP contribution in [-0.2, 0) is 9.53 Å². The van der Waals surface area contributed by atoms with Crippen molar-refractivity contribution in [1.82, 2.24) is 9.88 Å². The molecule has 1 aromatic heterocycles. The van der Waals surface area contributed by atoms with E-state index in [1.165, 1.54) is 43.5 Å². The molecule has 0 saturated carbocycles. The monoisotopic (exact) mass is 478 g/mol. The van der Waals surface area contributed by atoms with Crippen LogP contribution in [0.2, 0.25) is 0 Å². The molecular weight excluding hydrogens is 452 g/mol. The van der Waals surface area contributed by atoms with Gasteiger partial charge in [-0.1, -0.05) is 24.3 Å². The highest BCUT2D eigenvalue weighted by atomic mass is 16.5. The van der Waals surface area contributed by atoms with E-state index in [4.69, 9.17) is 14.2 Å². The Hall–Kier alpha value is -4.24. The van der Waals surface area contributed by atoms with Crippen LogP contribution >= 0.6 is 0 Å². The Morgan fingerprint density at radius 2 is 1.66 bits per heavy atom. The summed E-state index contributed by atoms with van der Waals surface area (Å²) in [7, 11) is 2.91. The van der Waals surface area contributed by atoms with Gasteiger partial charge >= 0.3 is 5.97 Å². The SMILES string of the molecule is COCCN(CC(Oc1ccccc1)C(=O)O)C(=O)c1cc(OC)cc(C(=O)c2ccccn2)c1. The fourth-order valence-corrected chi connectivity index (χ4v) is 3.31. The molecular formula is C26H26N2O7. The number of benzene rings is 2. The van der Waals surface area contributed by atoms with E-state index in [1.807, 2.05) is 0 Å². The smallest absolute Gasteiger partial charge is 0.346 e. The normalized spacial score (nSPS) is 11.4. The lowest BCUT2D eigenvalue weighted by Gasteiger charge is -2.26. The van der Waals surface area contributed by atoms with Crippen LogP contribution in [0, 0.1) is 0 Å². The molecule has 0 aliphatic heterocycles. The minimum absolute atomic E-state index is 0.109. The largest absolute Gasteiger partial charge is 0.497 e. The van der Waals surface area contributed by atoms with E-state index in [-0.39, 0.29) is 42.3 Å². The van der Waals surface area contributed by atoms with Gasteiger partial charge in [0.15, 0.2) is 0 Å². The number of hydrogen-bond acceptors (Lipinski definition) is 7. The number of amides is 1. The summed E-state index contributed by atoms with van der Waals surface area (Å²) >= 11 is 0. The quantitative estimate of drug-likeness (QED) is 0.395. The molecule has 1 unspecified atom stereocenters. The molecule has 9 heteroatoms. The average molecular weight is 479 g/mol. The molecule has 0 radical (unpaired) electrons. The first-order valence-electron chi connectivity index (χ1n) is 10.8. The second-order valence-electron chi connectivity index (χ2n) is 7.50. The number of para-hydroxylation sites is 1. The van der Waals surface area contributed by atoms with Crippen molar-refractivity contribution in [2.75, 3.05) is 33.9 Å². The summed E-state index contributed by atoms with van der Waals surface area (Å²) in [6.07, 6.45) is 0.184. The number of carboxylic acids is 1. The molecule has 0 bridgehead atoms. The Bertz CT molecular complexity index is 1150. The number of aliphatic carboxylic acids is 1. The second-order valence-corrected chi connectivity index (χ2v) is 7.50. The molecule has 35 heavy (non-hydrogen) atoms. The number of aromatic nitrogens is 1. The van der Waals surface area contributed by atoms with Crippen LogP contribution < -0.4 is 9.47 Å². The van der Waals surface area contributed by atoms with Gasteiger partial charge in [0.1, 0.15) is 17.2 Å². The lowest BCUT2D eigenvalue weighted by molar-refractivity contribution is -0.145. The number of methoxy groups -OCH3 is 2. The lowest BCUT2D eigenvalue weighted by Crippen LogP contribution is -2.44. The van der Waals surface area contributed by atoms with Gasteiger partial charge in [0.05, 0.1) is 20.3 Å². The summed E-state index contributed by atoms with van der Waals surface area (Å²) in [4.78, 5) is 43.7. The predicted octanol–water partition coefficient (Wildman–Crippen LogP) is 2.94. The van der Waals surface area contributed by atoms with Crippen molar-refractivity contribution in [1.29, 1.82) is 0 Å². The molecule has 3 rings (SSSR count). The topological polar surface area (TPSA) is 115 Å². The van der Waals surface area contributed by atoms with Crippen LogP contribution in [0.5, 0.6) is 11.5 Å². The first kappa shape index (κ1) is 25.4. The van der Waals surface area contributed by atoms with E-state index in [1.54, 1.807) is 48.5 Å². The average Bonchev–Trinajstić information content (AvgIpc) is 2.90. The van der Waals surface area contributed by atoms with Crippen LogP contribution in [0.4, 0.5) is 0 Å². The molecule has 1 heterocycles. The number of hydrogen-bond donors (Lipinski definition) is 1. The molecule has 0 fully saturated rings. The maximum atomic E-state index is 13.5. The fraction of sp³-hybridized carbons (Fsp3) is 0.231. The zero-order chi connectivity index (χ0) is 25.2. The van der Waals surface area contributed by atoms with Crippen molar-refractivity contribution >= 4 is 17.7 Å². The van der Waals surface area contributed by atoms with Crippen molar-refractivity contribution in [3.63, 3.8) is 0 Å². The number of carboxylic acid groups (broad SMARTS) is 1. The van der Waals surface area contributed by atoms with Gasteiger partial charge in [0, 0.05) is 31.0 Å². The van der Waals surface area contributed by atoms with Gasteiger partial charge in [0.2, 0.25) is 11.9 Å². The standard InChI is InChI=1S/C26H26N2O7/c1-33-13-12-28(17-23(26(31)32)35-20-8-4-3-5-9-20)25(30)19-14-18(15-21(16-19)34-2)24(29)22-10-6-7-11-27-22/h3-11,14-16,23H,12-13,17H2,1-2H3,(H,31,32). The number of pyridine rings is 1. The Labute approximate surface area is 202 Å². The van der Waals surface area contributed by atoms with Crippen LogP contribution in [0.1, 0.15) is 26.4 Å². The molecule has 0 aliphatic rings. The lowest BCUT2D eigenvalue weighted by atomic mass is 10.0. The zero-order valence-electron chi connectivity index (χ0n) is 19.4. The molecule has 0 saturated heterocycles. The van der Waals surface area contributed by atoms with E-state index < -0.39 is 18.0 Å². The molecule has 3 aromatic rings. The van der Waals surface area contributed by atoms with Crippen molar-refractivity contribution in [3.05, 3.63) is 89.7 Å². The highest BCUT2D eigenvalue weighted by Crippen LogP contribution is 2.21. The predicted molar refractivity (Wildman–Crippen MR) is 127 cm³/mol. The summed E-state index contributed by atoms with van der Waals surface area (Å²) in [6.45, 7) is 0.0399. The molecule has 9 nitrogen and oxygen atoms in total. The Morgan fingerprint density at radius 1 is 0.943 bits per heavy atom. The summed E-state index contributed by atoms with van der Waals surface area (Å²) in [5, 5.41) is 9.72. The number of carbonyl (C=O) groups excluding carboxylic acids is 2. The molecule has 1 amide bonds. The Balaban J connectivity index is 1.90. The van der Waals surface area contributed by atoms with E-state index in [0.717, 1.165) is 0 Å². The van der Waals surface area contributed by atoms with Gasteiger partial charge in [-0.05, 0) is 42.5 Å². The third-order valence-electron chi connectivity index (χ3n) is 5.08. The fourth-order valence-electron chi connectivity index (χ4n) is 3.31. The number of nitrogens with zero attached hydrogens (tertiary/aromatic N) is 2. The van der Waals surface area contributed by atoms with Gasteiger partial charge < -0.3 is 24.2 Å². The van der Waals surface area contributed by atoms with Gasteiger partial charge in [0.25, 0.3) is 5.91 Å². The number of carbonyl (C=O) groups is 3. The molecule has 182 valence electrons. The highest BCUT2D eigenvalue weighted by Gasteiger charge is 2.27. The van der Waals surface area contributed by atoms with Crippen LogP contribution in [0.25, 0.3) is 0 Å². The summed E-state index contributed by atoms with van der Waals surface area (Å²) in [5.41, 5.74) is 0.592. The maximum Gasteiger partial charge on any atom is 0.346 e. The minimum Gasteiger partial charge on any atom is -0.497 e. The first-order chi connectivity index (χ1) is 16.9. The van der Waals surface area contributed by atoms with Gasteiger partial charge in [-0.25, -0.2) is 4.79 Å². The van der Waals surface area contributed by atoms with Crippen molar-refractivity contribution in [2.24, 2.45) is 0 Å². The van der Waals surface area contributed by atoms with Crippen LogP contribution in [0.3, 0.4) is 0 Å². The summed E-state index contributed by atoms with van der Waals surface area (Å²) < 4.78 is 16.0. The summed E-state index contributed by atoms with van der Waals surface area (Å²) in [5.74, 6) is -1.43. The molecule has 1 atom stereocenters. The number of rotatable bonds is 12. The van der Waals surface area contributed by atoms with Gasteiger partial charge in [-0.2, -0.15) is 0 Å². The molecule has 0 spiro atoms. The van der Waals surface area contributed by atoms with Crippen molar-refractivity contribution < 1.29 is 33.7 Å². The number of ether oxygens (including phenoxy) is 3. The number of ketones is 1. The van der Waals surface area contributed by atoms with Crippen LogP contribution in [0.15, 0.2) is 72.9 Å². The van der Waals surface area contributed by atoms with E-state index in [0.29, 0.717) is 11.5 Å². The maximum absolute atomic E-state index is 13.5. The minimum atomic E-state index is -1.32. The highest BCUT2D eigenvalue weighted by molar-refractivity contribution is 6.09. The second kappa shape index (κ2) is 12.3. The van der Waals surface area contributed by atoms with Gasteiger partial charge in [-0.3, -0.25) is 14.6 Å². The van der Waals surface area contributed by atoms with Crippen LogP contribution in [-0.4, -0.2) is 72.7 Å². The van der Waals surface area contributed by atoms with Crippen molar-refractivity contribution in [3.8, 4) is 11.5 Å². The first-order valence-corrected chi connectivity index (χ1v) is 10.8. The van der Waals surface area contributed by atoms with E-state index in [9.17, 15) is 19.5 Å². The van der Waals surface area contributed by atoms with Crippen molar-refractivity contribution in [2.45, 2.75) is 6.10 Å². The molecule has 2 aromatic carbocycles. The van der Waals surface area contributed by atoms with Gasteiger partial charge in [-0.15, -0.1) is 0 Å². The zero-order valence-corrected chi connectivity index (χ0v) is 19.4. The molecule has 0 aliphatic carbocycles. The third kappa shape index (κ3) is 6.87. The Kier molecular flexibility index (Phi) is 8.91. The molecule has 1 N–H and O–H groups in total.